The number of rotatable bonds is 8. The van der Waals surface area contributed by atoms with Gasteiger partial charge in [0.05, 0.1) is 18.6 Å². The molecular formula is C15H24O4. The Kier molecular flexibility index (Phi) is 6.81. The van der Waals surface area contributed by atoms with Crippen LogP contribution < -0.4 is 0 Å². The molecule has 0 fully saturated rings. The van der Waals surface area contributed by atoms with Crippen molar-refractivity contribution in [3.8, 4) is 0 Å². The molecule has 0 aromatic rings. The topological polar surface area (TPSA) is 77.8 Å². The van der Waals surface area contributed by atoms with E-state index in [4.69, 9.17) is 5.11 Å². The molecule has 3 N–H and O–H groups in total. The van der Waals surface area contributed by atoms with Gasteiger partial charge in [0.15, 0.2) is 0 Å². The molecule has 3 atom stereocenters. The highest BCUT2D eigenvalue weighted by Crippen LogP contribution is 2.30. The summed E-state index contributed by atoms with van der Waals surface area (Å²) in [6.07, 6.45) is 8.58. The monoisotopic (exact) mass is 268 g/mol. The molecule has 0 aromatic heterocycles. The minimum absolute atomic E-state index is 0.0662. The number of hydrogen-bond donors (Lipinski definition) is 3. The van der Waals surface area contributed by atoms with E-state index in [-0.39, 0.29) is 12.3 Å². The molecule has 0 bridgehead atoms. The van der Waals surface area contributed by atoms with E-state index in [9.17, 15) is 15.0 Å². The average Bonchev–Trinajstić information content (AvgIpc) is 2.68. The van der Waals surface area contributed by atoms with Crippen LogP contribution in [-0.4, -0.2) is 33.5 Å². The quantitative estimate of drug-likeness (QED) is 0.590. The van der Waals surface area contributed by atoms with Crippen molar-refractivity contribution in [2.24, 2.45) is 5.92 Å². The van der Waals surface area contributed by atoms with E-state index < -0.39 is 18.2 Å². The third-order valence-electron chi connectivity index (χ3n) is 3.50. The molecule has 1 aliphatic carbocycles. The van der Waals surface area contributed by atoms with Crippen molar-refractivity contribution in [2.45, 2.75) is 57.7 Å². The van der Waals surface area contributed by atoms with Gasteiger partial charge in [0.1, 0.15) is 0 Å². The smallest absolute Gasteiger partial charge is 0.304 e. The molecule has 19 heavy (non-hydrogen) atoms. The van der Waals surface area contributed by atoms with E-state index in [1.807, 2.05) is 6.08 Å². The number of aliphatic carboxylic acids is 1. The summed E-state index contributed by atoms with van der Waals surface area (Å²) < 4.78 is 0. The summed E-state index contributed by atoms with van der Waals surface area (Å²) in [6.45, 7) is 2.11. The third kappa shape index (κ3) is 5.57. The molecule has 0 saturated heterocycles. The predicted molar refractivity (Wildman–Crippen MR) is 73.7 cm³/mol. The van der Waals surface area contributed by atoms with Crippen molar-refractivity contribution in [2.75, 3.05) is 0 Å². The second kappa shape index (κ2) is 8.12. The Morgan fingerprint density at radius 2 is 2.26 bits per heavy atom. The molecule has 0 amide bonds. The average molecular weight is 268 g/mol. The van der Waals surface area contributed by atoms with Crippen LogP contribution in [0.15, 0.2) is 23.8 Å². The summed E-state index contributed by atoms with van der Waals surface area (Å²) in [7, 11) is 0. The molecule has 1 aliphatic rings. The second-order valence-electron chi connectivity index (χ2n) is 5.13. The minimum atomic E-state index is -0.909. The summed E-state index contributed by atoms with van der Waals surface area (Å²) in [5, 5.41) is 28.3. The lowest BCUT2D eigenvalue weighted by Gasteiger charge is -2.15. The summed E-state index contributed by atoms with van der Waals surface area (Å²) in [6, 6.07) is 0. The van der Waals surface area contributed by atoms with Crippen molar-refractivity contribution in [1.29, 1.82) is 0 Å². The number of allylic oxidation sites excluding steroid dienone is 1. The third-order valence-corrected chi connectivity index (χ3v) is 3.50. The first kappa shape index (κ1) is 15.9. The van der Waals surface area contributed by atoms with Gasteiger partial charge in [-0.25, -0.2) is 0 Å². The lowest BCUT2D eigenvalue weighted by atomic mass is 9.94. The molecule has 0 radical (unpaired) electrons. The van der Waals surface area contributed by atoms with Crippen LogP contribution in [0.5, 0.6) is 0 Å². The van der Waals surface area contributed by atoms with Crippen molar-refractivity contribution in [3.05, 3.63) is 23.8 Å². The zero-order valence-electron chi connectivity index (χ0n) is 11.5. The molecule has 108 valence electrons. The zero-order valence-corrected chi connectivity index (χ0v) is 11.5. The standard InChI is InChI=1S/C15H24O4/c1-2-3-4-5-12(16)8-6-11-7-9-14(17)13(11)10-15(18)19/h6-8,12-14,16-17H,2-5,9-10H2,1H3,(H,18,19)/t12-,13?,14?/m1/s1. The van der Waals surface area contributed by atoms with Crippen molar-refractivity contribution < 1.29 is 20.1 Å². The van der Waals surface area contributed by atoms with Crippen molar-refractivity contribution in [3.63, 3.8) is 0 Å². The van der Waals surface area contributed by atoms with Gasteiger partial charge in [-0.05, 0) is 18.4 Å². The van der Waals surface area contributed by atoms with Gasteiger partial charge in [-0.2, -0.15) is 0 Å². The maximum Gasteiger partial charge on any atom is 0.304 e. The summed E-state index contributed by atoms with van der Waals surface area (Å²) in [5.74, 6) is -1.26. The fraction of sp³-hybridized carbons (Fsp3) is 0.667. The van der Waals surface area contributed by atoms with Crippen LogP contribution in [0.4, 0.5) is 0 Å². The van der Waals surface area contributed by atoms with Gasteiger partial charge in [0.2, 0.25) is 0 Å². The number of aliphatic hydroxyl groups is 2. The Morgan fingerprint density at radius 3 is 2.89 bits per heavy atom. The molecule has 0 spiro atoms. The van der Waals surface area contributed by atoms with Crippen LogP contribution in [0.2, 0.25) is 0 Å². The molecule has 4 nitrogen and oxygen atoms in total. The number of carbonyl (C=O) groups is 1. The number of unbranched alkanes of at least 4 members (excludes halogenated alkanes) is 2. The number of hydrogen-bond acceptors (Lipinski definition) is 3. The van der Waals surface area contributed by atoms with E-state index in [0.29, 0.717) is 6.42 Å². The van der Waals surface area contributed by atoms with E-state index in [1.165, 1.54) is 0 Å². The van der Waals surface area contributed by atoms with Crippen LogP contribution in [0.1, 0.15) is 45.4 Å². The van der Waals surface area contributed by atoms with Gasteiger partial charge >= 0.3 is 5.97 Å². The molecule has 0 aliphatic heterocycles. The van der Waals surface area contributed by atoms with Gasteiger partial charge in [-0.15, -0.1) is 0 Å². The number of aliphatic hydroxyl groups excluding tert-OH is 2. The molecule has 0 aromatic carbocycles. The highest BCUT2D eigenvalue weighted by atomic mass is 16.4. The highest BCUT2D eigenvalue weighted by Gasteiger charge is 2.28. The van der Waals surface area contributed by atoms with Crippen LogP contribution in [0, 0.1) is 5.92 Å². The van der Waals surface area contributed by atoms with Gasteiger partial charge in [0.25, 0.3) is 0 Å². The Hall–Kier alpha value is -1.13. The normalized spacial score (nSPS) is 24.7. The number of carboxylic acids is 1. The molecule has 0 heterocycles. The largest absolute Gasteiger partial charge is 0.481 e. The zero-order chi connectivity index (χ0) is 14.3. The first-order chi connectivity index (χ1) is 9.04. The van der Waals surface area contributed by atoms with Crippen LogP contribution in [0.3, 0.4) is 0 Å². The minimum Gasteiger partial charge on any atom is -0.481 e. The molecular weight excluding hydrogens is 244 g/mol. The second-order valence-corrected chi connectivity index (χ2v) is 5.13. The van der Waals surface area contributed by atoms with Crippen LogP contribution in [0.25, 0.3) is 0 Å². The van der Waals surface area contributed by atoms with E-state index >= 15 is 0 Å². The lowest BCUT2D eigenvalue weighted by Crippen LogP contribution is -2.19. The van der Waals surface area contributed by atoms with Gasteiger partial charge in [-0.3, -0.25) is 4.79 Å². The fourth-order valence-electron chi connectivity index (χ4n) is 2.35. The van der Waals surface area contributed by atoms with Crippen molar-refractivity contribution >= 4 is 5.97 Å². The van der Waals surface area contributed by atoms with Gasteiger partial charge < -0.3 is 15.3 Å². The molecule has 2 unspecified atom stereocenters. The van der Waals surface area contributed by atoms with Crippen LogP contribution >= 0.6 is 0 Å². The Balaban J connectivity index is 2.47. The molecule has 4 heteroatoms. The Labute approximate surface area is 114 Å². The highest BCUT2D eigenvalue weighted by molar-refractivity contribution is 5.68. The maximum atomic E-state index is 10.7. The fourth-order valence-corrected chi connectivity index (χ4v) is 2.35. The van der Waals surface area contributed by atoms with E-state index in [1.54, 1.807) is 12.2 Å². The van der Waals surface area contributed by atoms with Gasteiger partial charge in [0, 0.05) is 5.92 Å². The van der Waals surface area contributed by atoms with Crippen LogP contribution in [-0.2, 0) is 4.79 Å². The summed E-state index contributed by atoms with van der Waals surface area (Å²) in [5.41, 5.74) is 0.824. The number of carboxylic acid groups (broad SMARTS) is 1. The predicted octanol–water partition coefficient (Wildman–Crippen LogP) is 2.27. The van der Waals surface area contributed by atoms with E-state index in [2.05, 4.69) is 6.92 Å². The van der Waals surface area contributed by atoms with Crippen molar-refractivity contribution in [1.82, 2.24) is 0 Å². The SMILES string of the molecule is CCCCC[C@@H](O)C=CC1=CCC(O)C1CC(=O)O. The first-order valence-corrected chi connectivity index (χ1v) is 7.00. The summed E-state index contributed by atoms with van der Waals surface area (Å²) >= 11 is 0. The van der Waals surface area contributed by atoms with Gasteiger partial charge in [-0.1, -0.05) is 44.4 Å². The molecule has 0 saturated carbocycles. The lowest BCUT2D eigenvalue weighted by molar-refractivity contribution is -0.138. The first-order valence-electron chi connectivity index (χ1n) is 7.00. The summed E-state index contributed by atoms with van der Waals surface area (Å²) in [4.78, 5) is 10.7. The molecule has 1 rings (SSSR count). The Bertz CT molecular complexity index is 346. The van der Waals surface area contributed by atoms with E-state index in [0.717, 1.165) is 31.3 Å². The Morgan fingerprint density at radius 1 is 1.53 bits per heavy atom. The maximum absolute atomic E-state index is 10.7.